The van der Waals surface area contributed by atoms with Crippen LogP contribution in [0, 0.1) is 0 Å². The number of hydrogen-bond acceptors (Lipinski definition) is 4. The number of hydrogen-bond donors (Lipinski definition) is 2. The summed E-state index contributed by atoms with van der Waals surface area (Å²) in [6.45, 7) is 4.01. The molecule has 2 amide bonds. The SMILES string of the molecule is C=CCOc1ccc(C(=O)NN2C(=O)c3cc(Br)ccc3NC2c2ccc3ccccc3c2)cc1. The van der Waals surface area contributed by atoms with Crippen LogP contribution < -0.4 is 15.5 Å². The van der Waals surface area contributed by atoms with Crippen molar-refractivity contribution in [3.8, 4) is 5.75 Å². The highest BCUT2D eigenvalue weighted by Gasteiger charge is 2.35. The van der Waals surface area contributed by atoms with Crippen LogP contribution in [0.15, 0.2) is 102 Å². The number of nitrogens with one attached hydrogen (secondary N) is 2. The normalized spacial score (nSPS) is 14.7. The molecule has 174 valence electrons. The molecule has 1 aliphatic rings. The van der Waals surface area contributed by atoms with Crippen molar-refractivity contribution in [3.05, 3.63) is 119 Å². The first kappa shape index (κ1) is 22.7. The molecular formula is C28H22BrN3O3. The average molecular weight is 528 g/mol. The lowest BCUT2D eigenvalue weighted by atomic mass is 10.0. The topological polar surface area (TPSA) is 70.7 Å². The third kappa shape index (κ3) is 4.63. The largest absolute Gasteiger partial charge is 0.490 e. The van der Waals surface area contributed by atoms with Crippen LogP contribution in [0.5, 0.6) is 5.75 Å². The molecule has 0 spiro atoms. The van der Waals surface area contributed by atoms with Crippen molar-refractivity contribution in [3.63, 3.8) is 0 Å². The molecule has 4 aromatic carbocycles. The standard InChI is InChI=1S/C28H22BrN3O3/c1-2-15-35-23-12-9-19(10-13-23)27(33)31-32-26(21-8-7-18-5-3-4-6-20(18)16-21)30-25-14-11-22(29)17-24(25)28(32)34/h2-14,16-17,26,30H,1,15H2,(H,31,33). The van der Waals surface area contributed by atoms with Gasteiger partial charge in [-0.25, -0.2) is 5.01 Å². The maximum absolute atomic E-state index is 13.6. The first-order chi connectivity index (χ1) is 17.0. The van der Waals surface area contributed by atoms with Crippen LogP contribution in [0.4, 0.5) is 5.69 Å². The van der Waals surface area contributed by atoms with Gasteiger partial charge in [-0.15, -0.1) is 0 Å². The number of rotatable bonds is 6. The lowest BCUT2D eigenvalue weighted by molar-refractivity contribution is 0.0491. The summed E-state index contributed by atoms with van der Waals surface area (Å²) in [5.41, 5.74) is 5.23. The van der Waals surface area contributed by atoms with Crippen molar-refractivity contribution >= 4 is 44.2 Å². The number of anilines is 1. The van der Waals surface area contributed by atoms with Crippen molar-refractivity contribution in [1.29, 1.82) is 0 Å². The summed E-state index contributed by atoms with van der Waals surface area (Å²) in [6.07, 6.45) is 1.05. The molecule has 0 saturated heterocycles. The fraction of sp³-hybridized carbons (Fsp3) is 0.0714. The Bertz CT molecular complexity index is 1440. The van der Waals surface area contributed by atoms with Gasteiger partial charge in [-0.2, -0.15) is 0 Å². The summed E-state index contributed by atoms with van der Waals surface area (Å²) in [7, 11) is 0. The van der Waals surface area contributed by atoms with E-state index < -0.39 is 12.1 Å². The first-order valence-corrected chi connectivity index (χ1v) is 11.9. The molecule has 35 heavy (non-hydrogen) atoms. The molecule has 0 bridgehead atoms. The number of benzene rings is 4. The van der Waals surface area contributed by atoms with Crippen molar-refractivity contribution in [2.45, 2.75) is 6.17 Å². The molecule has 2 N–H and O–H groups in total. The summed E-state index contributed by atoms with van der Waals surface area (Å²) < 4.78 is 6.26. The summed E-state index contributed by atoms with van der Waals surface area (Å²) in [5.74, 6) is -0.0814. The summed E-state index contributed by atoms with van der Waals surface area (Å²) in [6, 6.07) is 26.2. The Morgan fingerprint density at radius 2 is 1.80 bits per heavy atom. The van der Waals surface area contributed by atoms with E-state index in [4.69, 9.17) is 4.74 Å². The number of amides is 2. The minimum Gasteiger partial charge on any atom is -0.490 e. The number of ether oxygens (including phenoxy) is 1. The lowest BCUT2D eigenvalue weighted by Crippen LogP contribution is -2.52. The van der Waals surface area contributed by atoms with Gasteiger partial charge in [-0.3, -0.25) is 15.0 Å². The lowest BCUT2D eigenvalue weighted by Gasteiger charge is -2.38. The number of hydrazine groups is 1. The minimum atomic E-state index is -0.597. The van der Waals surface area contributed by atoms with Gasteiger partial charge in [0.1, 0.15) is 18.5 Å². The number of carbonyl (C=O) groups excluding carboxylic acids is 2. The molecule has 0 aliphatic carbocycles. The minimum absolute atomic E-state index is 0.308. The molecule has 5 rings (SSSR count). The second-order valence-electron chi connectivity index (χ2n) is 8.08. The fourth-order valence-electron chi connectivity index (χ4n) is 4.04. The quantitative estimate of drug-likeness (QED) is 0.298. The molecule has 0 aromatic heterocycles. The van der Waals surface area contributed by atoms with E-state index in [-0.39, 0.29) is 5.91 Å². The van der Waals surface area contributed by atoms with E-state index >= 15 is 0 Å². The van der Waals surface area contributed by atoms with Gasteiger partial charge < -0.3 is 10.1 Å². The van der Waals surface area contributed by atoms with E-state index in [1.165, 1.54) is 5.01 Å². The Labute approximate surface area is 211 Å². The van der Waals surface area contributed by atoms with Crippen LogP contribution >= 0.6 is 15.9 Å². The van der Waals surface area contributed by atoms with Gasteiger partial charge in [0, 0.05) is 15.7 Å². The molecule has 4 aromatic rings. The monoisotopic (exact) mass is 527 g/mol. The number of carbonyl (C=O) groups is 2. The van der Waals surface area contributed by atoms with Crippen LogP contribution in [0.25, 0.3) is 10.8 Å². The van der Waals surface area contributed by atoms with E-state index in [9.17, 15) is 9.59 Å². The van der Waals surface area contributed by atoms with Crippen LogP contribution in [0.2, 0.25) is 0 Å². The number of halogens is 1. The molecule has 6 nitrogen and oxygen atoms in total. The van der Waals surface area contributed by atoms with E-state index in [1.807, 2.05) is 54.6 Å². The molecule has 7 heteroatoms. The molecule has 1 aliphatic heterocycles. The Hall–Kier alpha value is -4.10. The van der Waals surface area contributed by atoms with Crippen LogP contribution in [-0.4, -0.2) is 23.4 Å². The van der Waals surface area contributed by atoms with Crippen molar-refractivity contribution in [2.75, 3.05) is 11.9 Å². The zero-order valence-electron chi connectivity index (χ0n) is 18.7. The summed E-state index contributed by atoms with van der Waals surface area (Å²) >= 11 is 3.43. The van der Waals surface area contributed by atoms with Crippen LogP contribution in [0.3, 0.4) is 0 Å². The van der Waals surface area contributed by atoms with Gasteiger partial charge >= 0.3 is 0 Å². The molecule has 1 atom stereocenters. The Morgan fingerprint density at radius 3 is 2.57 bits per heavy atom. The van der Waals surface area contributed by atoms with E-state index in [0.717, 1.165) is 20.8 Å². The van der Waals surface area contributed by atoms with Gasteiger partial charge in [-0.1, -0.05) is 65.0 Å². The first-order valence-electron chi connectivity index (χ1n) is 11.1. The second kappa shape index (κ2) is 9.64. The molecular weight excluding hydrogens is 506 g/mol. The van der Waals surface area contributed by atoms with Crippen molar-refractivity contribution in [1.82, 2.24) is 10.4 Å². The van der Waals surface area contributed by atoms with Gasteiger partial charge in [0.2, 0.25) is 0 Å². The van der Waals surface area contributed by atoms with Gasteiger partial charge in [0.25, 0.3) is 11.8 Å². The predicted molar refractivity (Wildman–Crippen MR) is 140 cm³/mol. The Morgan fingerprint density at radius 1 is 1.03 bits per heavy atom. The maximum Gasteiger partial charge on any atom is 0.276 e. The van der Waals surface area contributed by atoms with Gasteiger partial charge in [0.05, 0.1) is 5.56 Å². The zero-order valence-corrected chi connectivity index (χ0v) is 20.3. The third-order valence-corrected chi connectivity index (χ3v) is 6.27. The molecule has 0 fully saturated rings. The third-order valence-electron chi connectivity index (χ3n) is 5.78. The number of nitrogens with zero attached hydrogens (tertiary/aromatic N) is 1. The van der Waals surface area contributed by atoms with Crippen molar-refractivity contribution in [2.24, 2.45) is 0 Å². The highest BCUT2D eigenvalue weighted by Crippen LogP contribution is 2.34. The Balaban J connectivity index is 1.49. The van der Waals surface area contributed by atoms with Crippen LogP contribution in [0.1, 0.15) is 32.4 Å². The maximum atomic E-state index is 13.6. The van der Waals surface area contributed by atoms with E-state index in [0.29, 0.717) is 29.2 Å². The smallest absolute Gasteiger partial charge is 0.276 e. The highest BCUT2D eigenvalue weighted by molar-refractivity contribution is 9.10. The van der Waals surface area contributed by atoms with Gasteiger partial charge in [0.15, 0.2) is 0 Å². The highest BCUT2D eigenvalue weighted by atomic mass is 79.9. The molecule has 1 unspecified atom stereocenters. The zero-order chi connectivity index (χ0) is 24.4. The molecule has 0 saturated carbocycles. The van der Waals surface area contributed by atoms with E-state index in [1.54, 1.807) is 36.4 Å². The Kier molecular flexibility index (Phi) is 6.25. The summed E-state index contributed by atoms with van der Waals surface area (Å²) in [5, 5.41) is 6.90. The number of fused-ring (bicyclic) bond motifs is 2. The molecule has 1 heterocycles. The van der Waals surface area contributed by atoms with E-state index in [2.05, 4.69) is 33.3 Å². The summed E-state index contributed by atoms with van der Waals surface area (Å²) in [4.78, 5) is 26.7. The van der Waals surface area contributed by atoms with Gasteiger partial charge in [-0.05, 0) is 64.9 Å². The van der Waals surface area contributed by atoms with Crippen LogP contribution in [-0.2, 0) is 0 Å². The average Bonchev–Trinajstić information content (AvgIpc) is 2.89. The molecule has 0 radical (unpaired) electrons. The second-order valence-corrected chi connectivity index (χ2v) is 9.00. The predicted octanol–water partition coefficient (Wildman–Crippen LogP) is 6.08. The fourth-order valence-corrected chi connectivity index (χ4v) is 4.40. The van der Waals surface area contributed by atoms with Crippen molar-refractivity contribution < 1.29 is 14.3 Å².